The predicted molar refractivity (Wildman–Crippen MR) is 84.0 cm³/mol. The first-order valence-corrected chi connectivity index (χ1v) is 7.40. The SMILES string of the molecule is O=C(Nc1cccnn1)N1CC(Oc2ccc(I)cn2)C1. The number of halogens is 1. The van der Waals surface area contributed by atoms with Crippen molar-refractivity contribution in [2.75, 3.05) is 18.4 Å². The lowest BCUT2D eigenvalue weighted by molar-refractivity contribution is 0.0460. The van der Waals surface area contributed by atoms with E-state index in [2.05, 4.69) is 43.1 Å². The molecule has 0 bridgehead atoms. The largest absolute Gasteiger partial charge is 0.471 e. The second kappa shape index (κ2) is 6.20. The highest BCUT2D eigenvalue weighted by Gasteiger charge is 2.32. The van der Waals surface area contributed by atoms with Gasteiger partial charge in [0.2, 0.25) is 5.88 Å². The van der Waals surface area contributed by atoms with E-state index in [-0.39, 0.29) is 12.1 Å². The molecule has 0 atom stereocenters. The van der Waals surface area contributed by atoms with Crippen molar-refractivity contribution >= 4 is 34.4 Å². The van der Waals surface area contributed by atoms with Gasteiger partial charge in [-0.25, -0.2) is 9.78 Å². The van der Waals surface area contributed by atoms with Crippen molar-refractivity contribution in [1.82, 2.24) is 20.1 Å². The number of hydrogen-bond donors (Lipinski definition) is 1. The average Bonchev–Trinajstić information content (AvgIpc) is 2.45. The van der Waals surface area contributed by atoms with E-state index in [0.717, 1.165) is 3.57 Å². The van der Waals surface area contributed by atoms with Crippen molar-refractivity contribution in [2.24, 2.45) is 0 Å². The summed E-state index contributed by atoms with van der Waals surface area (Å²) in [6.07, 6.45) is 3.27. The van der Waals surface area contributed by atoms with Crippen molar-refractivity contribution in [1.29, 1.82) is 0 Å². The third-order valence-electron chi connectivity index (χ3n) is 2.93. The van der Waals surface area contributed by atoms with E-state index >= 15 is 0 Å². The third-order valence-corrected chi connectivity index (χ3v) is 3.57. The normalized spacial score (nSPS) is 14.4. The maximum Gasteiger partial charge on any atom is 0.323 e. The molecule has 3 heterocycles. The van der Waals surface area contributed by atoms with Crippen LogP contribution in [-0.4, -0.2) is 45.3 Å². The second-order valence-electron chi connectivity index (χ2n) is 4.50. The number of nitrogens with one attached hydrogen (secondary N) is 1. The molecule has 1 aliphatic heterocycles. The summed E-state index contributed by atoms with van der Waals surface area (Å²) in [5, 5.41) is 10.2. The Hall–Kier alpha value is -1.97. The van der Waals surface area contributed by atoms with Gasteiger partial charge in [0.15, 0.2) is 5.82 Å². The molecule has 1 fully saturated rings. The van der Waals surface area contributed by atoms with Gasteiger partial charge in [-0.05, 0) is 40.8 Å². The van der Waals surface area contributed by atoms with Crippen LogP contribution in [0.25, 0.3) is 0 Å². The predicted octanol–water partition coefficient (Wildman–Crippen LogP) is 1.77. The van der Waals surface area contributed by atoms with Gasteiger partial charge in [-0.3, -0.25) is 5.32 Å². The van der Waals surface area contributed by atoms with E-state index in [4.69, 9.17) is 4.74 Å². The summed E-state index contributed by atoms with van der Waals surface area (Å²) < 4.78 is 6.73. The van der Waals surface area contributed by atoms with Gasteiger partial charge in [0.05, 0.1) is 13.1 Å². The minimum atomic E-state index is -0.203. The number of hydrogen-bond acceptors (Lipinski definition) is 5. The first-order chi connectivity index (χ1) is 10.2. The Labute approximate surface area is 134 Å². The number of urea groups is 1. The fraction of sp³-hybridized carbons (Fsp3) is 0.231. The van der Waals surface area contributed by atoms with Crippen molar-refractivity contribution in [3.8, 4) is 5.88 Å². The number of likely N-dealkylation sites (tertiary alicyclic amines) is 1. The lowest BCUT2D eigenvalue weighted by Crippen LogP contribution is -2.57. The van der Waals surface area contributed by atoms with Crippen molar-refractivity contribution in [3.05, 3.63) is 40.2 Å². The standard InChI is InChI=1S/C13H12IN5O2/c14-9-3-4-12(15-6-9)21-10-7-19(8-10)13(20)17-11-2-1-5-16-18-11/h1-6,10H,7-8H2,(H,17,18,20). The number of rotatable bonds is 3. The Morgan fingerprint density at radius 2 is 2.24 bits per heavy atom. The van der Waals surface area contributed by atoms with Gasteiger partial charge in [0.25, 0.3) is 0 Å². The fourth-order valence-electron chi connectivity index (χ4n) is 1.84. The number of aromatic nitrogens is 3. The topological polar surface area (TPSA) is 80.2 Å². The molecule has 21 heavy (non-hydrogen) atoms. The summed E-state index contributed by atoms with van der Waals surface area (Å²) in [4.78, 5) is 17.7. The average molecular weight is 397 g/mol. The molecule has 0 aliphatic carbocycles. The van der Waals surface area contributed by atoms with Crippen LogP contribution in [0.15, 0.2) is 36.7 Å². The zero-order valence-corrected chi connectivity index (χ0v) is 13.1. The van der Waals surface area contributed by atoms with Gasteiger partial charge in [-0.1, -0.05) is 0 Å². The number of pyridine rings is 1. The van der Waals surface area contributed by atoms with Crippen molar-refractivity contribution in [2.45, 2.75) is 6.10 Å². The highest BCUT2D eigenvalue weighted by molar-refractivity contribution is 14.1. The first kappa shape index (κ1) is 14.0. The highest BCUT2D eigenvalue weighted by atomic mass is 127. The molecule has 0 saturated carbocycles. The second-order valence-corrected chi connectivity index (χ2v) is 5.74. The highest BCUT2D eigenvalue weighted by Crippen LogP contribution is 2.17. The number of carbonyl (C=O) groups is 1. The Kier molecular flexibility index (Phi) is 4.13. The lowest BCUT2D eigenvalue weighted by Gasteiger charge is -2.38. The van der Waals surface area contributed by atoms with Gasteiger partial charge >= 0.3 is 6.03 Å². The van der Waals surface area contributed by atoms with Crippen LogP contribution in [0, 0.1) is 3.57 Å². The summed E-state index contributed by atoms with van der Waals surface area (Å²) in [6.45, 7) is 1.06. The smallest absolute Gasteiger partial charge is 0.323 e. The van der Waals surface area contributed by atoms with Gasteiger partial charge in [0.1, 0.15) is 6.10 Å². The summed E-state index contributed by atoms with van der Waals surface area (Å²) in [7, 11) is 0. The Balaban J connectivity index is 1.47. The lowest BCUT2D eigenvalue weighted by atomic mass is 10.2. The molecule has 0 radical (unpaired) electrons. The Morgan fingerprint density at radius 1 is 1.38 bits per heavy atom. The summed E-state index contributed by atoms with van der Waals surface area (Å²) in [6, 6.07) is 6.96. The molecular weight excluding hydrogens is 385 g/mol. The van der Waals surface area contributed by atoms with Gasteiger partial charge in [-0.15, -0.1) is 5.10 Å². The molecule has 2 amide bonds. The maximum absolute atomic E-state index is 11.9. The third kappa shape index (κ3) is 3.57. The van der Waals surface area contributed by atoms with Crippen LogP contribution in [0.4, 0.5) is 10.6 Å². The molecular formula is C13H12IN5O2. The molecule has 1 N–H and O–H groups in total. The van der Waals surface area contributed by atoms with Crippen molar-refractivity contribution < 1.29 is 9.53 Å². The van der Waals surface area contributed by atoms with Crippen LogP contribution in [0.5, 0.6) is 5.88 Å². The molecule has 1 saturated heterocycles. The van der Waals surface area contributed by atoms with Crippen LogP contribution in [-0.2, 0) is 0 Å². The molecule has 7 nitrogen and oxygen atoms in total. The molecule has 2 aromatic rings. The zero-order valence-electron chi connectivity index (χ0n) is 10.9. The van der Waals surface area contributed by atoms with Crippen LogP contribution in [0.2, 0.25) is 0 Å². The summed E-state index contributed by atoms with van der Waals surface area (Å²) in [5.41, 5.74) is 0. The molecule has 0 unspecified atom stereocenters. The van der Waals surface area contributed by atoms with Gasteiger partial charge < -0.3 is 9.64 Å². The molecule has 2 aromatic heterocycles. The van der Waals surface area contributed by atoms with E-state index in [1.54, 1.807) is 29.4 Å². The number of carbonyl (C=O) groups excluding carboxylic acids is 1. The van der Waals surface area contributed by atoms with Crippen LogP contribution in [0.3, 0.4) is 0 Å². The van der Waals surface area contributed by atoms with Crippen LogP contribution < -0.4 is 10.1 Å². The first-order valence-electron chi connectivity index (χ1n) is 6.32. The zero-order chi connectivity index (χ0) is 14.7. The van der Waals surface area contributed by atoms with Crippen LogP contribution >= 0.6 is 22.6 Å². The number of amides is 2. The summed E-state index contributed by atoms with van der Waals surface area (Å²) >= 11 is 2.19. The molecule has 1 aliphatic rings. The van der Waals surface area contributed by atoms with Crippen molar-refractivity contribution in [3.63, 3.8) is 0 Å². The minimum Gasteiger partial charge on any atom is -0.471 e. The molecule has 0 spiro atoms. The van der Waals surface area contributed by atoms with E-state index in [0.29, 0.717) is 24.8 Å². The molecule has 8 heteroatoms. The van der Waals surface area contributed by atoms with Gasteiger partial charge in [0, 0.05) is 22.0 Å². The number of ether oxygens (including phenoxy) is 1. The summed E-state index contributed by atoms with van der Waals surface area (Å²) in [5.74, 6) is 1.01. The Bertz CT molecular complexity index is 616. The van der Waals surface area contributed by atoms with E-state index in [1.165, 1.54) is 0 Å². The fourth-order valence-corrected chi connectivity index (χ4v) is 2.16. The maximum atomic E-state index is 11.9. The molecule has 0 aromatic carbocycles. The minimum absolute atomic E-state index is 0.0230. The molecule has 108 valence electrons. The van der Waals surface area contributed by atoms with E-state index in [9.17, 15) is 4.79 Å². The van der Waals surface area contributed by atoms with E-state index in [1.807, 2.05) is 12.1 Å². The van der Waals surface area contributed by atoms with E-state index < -0.39 is 0 Å². The van der Waals surface area contributed by atoms with Gasteiger partial charge in [-0.2, -0.15) is 5.10 Å². The quantitative estimate of drug-likeness (QED) is 0.799. The van der Waals surface area contributed by atoms with Crippen LogP contribution in [0.1, 0.15) is 0 Å². The number of anilines is 1. The number of nitrogens with zero attached hydrogens (tertiary/aromatic N) is 4. The molecule has 3 rings (SSSR count). The Morgan fingerprint density at radius 3 is 2.90 bits per heavy atom. The monoisotopic (exact) mass is 397 g/mol.